The number of rotatable bonds is 5. The minimum absolute atomic E-state index is 0.958. The van der Waals surface area contributed by atoms with E-state index in [2.05, 4.69) is 78.2 Å². The Bertz CT molecular complexity index is 1100. The number of hydrogen-bond donors (Lipinski definition) is 0. The van der Waals surface area contributed by atoms with E-state index < -0.39 is 0 Å². The van der Waals surface area contributed by atoms with Crippen LogP contribution in [0.2, 0.25) is 0 Å². The molecule has 4 aromatic rings. The number of para-hydroxylation sites is 1. The molecule has 0 aromatic heterocycles. The van der Waals surface area contributed by atoms with E-state index in [-0.39, 0.29) is 0 Å². The third-order valence-corrected chi connectivity index (χ3v) is 5.95. The maximum atomic E-state index is 4.87. The Morgan fingerprint density at radius 2 is 1.36 bits per heavy atom. The number of benzene rings is 4. The fraction of sp³-hybridized carbons (Fsp3) is 0. The van der Waals surface area contributed by atoms with Crippen molar-refractivity contribution in [3.05, 3.63) is 115 Å². The standard InChI is InChI=1S/C25H19NS2/c1-3-12-21(13-4-1)26-25(18-19-27-22-14-5-2-6-15-22)28-24-17-9-11-20-10-7-8-16-23(20)24/h1-19H. The van der Waals surface area contributed by atoms with Gasteiger partial charge in [0.05, 0.1) is 5.69 Å². The first-order valence-corrected chi connectivity index (χ1v) is 10.8. The third kappa shape index (κ3) is 4.94. The largest absolute Gasteiger partial charge is 0.242 e. The topological polar surface area (TPSA) is 12.4 Å². The van der Waals surface area contributed by atoms with Gasteiger partial charge in [0.15, 0.2) is 0 Å². The van der Waals surface area contributed by atoms with Gasteiger partial charge in [0, 0.05) is 9.79 Å². The lowest BCUT2D eigenvalue weighted by Crippen LogP contribution is -1.87. The SMILES string of the molecule is C(=CC(=Nc1ccccc1)Sc1cccc2ccccc12)Sc1ccccc1. The molecule has 0 atom stereocenters. The molecule has 1 nitrogen and oxygen atoms in total. The Morgan fingerprint density at radius 3 is 2.18 bits per heavy atom. The average Bonchev–Trinajstić information content (AvgIpc) is 2.75. The summed E-state index contributed by atoms with van der Waals surface area (Å²) < 4.78 is 0. The van der Waals surface area contributed by atoms with E-state index in [1.807, 2.05) is 36.4 Å². The van der Waals surface area contributed by atoms with Crippen LogP contribution in [0, 0.1) is 0 Å². The molecule has 0 amide bonds. The molecule has 0 saturated heterocycles. The molecule has 4 aromatic carbocycles. The van der Waals surface area contributed by atoms with E-state index >= 15 is 0 Å². The third-order valence-electron chi connectivity index (χ3n) is 4.12. The minimum atomic E-state index is 0.958. The molecule has 0 aliphatic heterocycles. The van der Waals surface area contributed by atoms with E-state index in [0.29, 0.717) is 0 Å². The maximum absolute atomic E-state index is 4.87. The fourth-order valence-corrected chi connectivity index (χ4v) is 4.50. The van der Waals surface area contributed by atoms with Crippen molar-refractivity contribution in [1.29, 1.82) is 0 Å². The normalized spacial score (nSPS) is 11.9. The number of hydrogen-bond acceptors (Lipinski definition) is 3. The van der Waals surface area contributed by atoms with Crippen LogP contribution in [0.4, 0.5) is 5.69 Å². The fourth-order valence-electron chi connectivity index (χ4n) is 2.79. The highest BCUT2D eigenvalue weighted by Crippen LogP contribution is 2.31. The van der Waals surface area contributed by atoms with Crippen LogP contribution in [0.3, 0.4) is 0 Å². The van der Waals surface area contributed by atoms with Gasteiger partial charge >= 0.3 is 0 Å². The van der Waals surface area contributed by atoms with Crippen LogP contribution in [0.1, 0.15) is 0 Å². The molecule has 0 aliphatic rings. The zero-order valence-electron chi connectivity index (χ0n) is 15.2. The molecule has 0 bridgehead atoms. The Labute approximate surface area is 174 Å². The zero-order chi connectivity index (χ0) is 19.0. The molecule has 0 unspecified atom stereocenters. The van der Waals surface area contributed by atoms with Crippen LogP contribution in [-0.4, -0.2) is 5.04 Å². The summed E-state index contributed by atoms with van der Waals surface area (Å²) in [7, 11) is 0. The van der Waals surface area contributed by atoms with Crippen molar-refractivity contribution >= 4 is 45.0 Å². The predicted molar refractivity (Wildman–Crippen MR) is 125 cm³/mol. The molecule has 0 radical (unpaired) electrons. The second-order valence-corrected chi connectivity index (χ2v) is 8.14. The predicted octanol–water partition coefficient (Wildman–Crippen LogP) is 7.97. The Hall–Kier alpha value is -2.75. The van der Waals surface area contributed by atoms with E-state index in [9.17, 15) is 0 Å². The van der Waals surface area contributed by atoms with Gasteiger partial charge in [-0.15, -0.1) is 0 Å². The summed E-state index contributed by atoms with van der Waals surface area (Å²) in [4.78, 5) is 7.30. The van der Waals surface area contributed by atoms with Crippen LogP contribution in [0.25, 0.3) is 10.8 Å². The summed E-state index contributed by atoms with van der Waals surface area (Å²) in [5.74, 6) is 0. The highest BCUT2D eigenvalue weighted by atomic mass is 32.2. The zero-order valence-corrected chi connectivity index (χ0v) is 16.9. The second-order valence-electron chi connectivity index (χ2n) is 6.10. The monoisotopic (exact) mass is 397 g/mol. The van der Waals surface area contributed by atoms with Gasteiger partial charge in [0.2, 0.25) is 0 Å². The van der Waals surface area contributed by atoms with Gasteiger partial charge < -0.3 is 0 Å². The molecule has 0 fully saturated rings. The highest BCUT2D eigenvalue weighted by Gasteiger charge is 2.05. The summed E-state index contributed by atoms with van der Waals surface area (Å²) in [5.41, 5.74) is 0.958. The number of fused-ring (bicyclic) bond motifs is 1. The molecule has 28 heavy (non-hydrogen) atoms. The van der Waals surface area contributed by atoms with E-state index in [1.54, 1.807) is 23.5 Å². The quantitative estimate of drug-likeness (QED) is 0.192. The summed E-state index contributed by atoms with van der Waals surface area (Å²) in [6, 6.07) is 35.4. The van der Waals surface area contributed by atoms with Crippen LogP contribution < -0.4 is 0 Å². The molecule has 3 heteroatoms. The van der Waals surface area contributed by atoms with Crippen LogP contribution in [0.5, 0.6) is 0 Å². The lowest BCUT2D eigenvalue weighted by atomic mass is 10.1. The van der Waals surface area contributed by atoms with Gasteiger partial charge in [-0.25, -0.2) is 4.99 Å². The molecular formula is C25H19NS2. The van der Waals surface area contributed by atoms with Gasteiger partial charge in [-0.05, 0) is 52.6 Å². The van der Waals surface area contributed by atoms with Crippen molar-refractivity contribution in [3.8, 4) is 0 Å². The van der Waals surface area contributed by atoms with Gasteiger partial charge in [-0.3, -0.25) is 0 Å². The molecule has 0 heterocycles. The first kappa shape index (κ1) is 18.6. The highest BCUT2D eigenvalue weighted by molar-refractivity contribution is 8.14. The smallest absolute Gasteiger partial charge is 0.102 e. The minimum Gasteiger partial charge on any atom is -0.242 e. The van der Waals surface area contributed by atoms with E-state index in [4.69, 9.17) is 4.99 Å². The Morgan fingerprint density at radius 1 is 0.679 bits per heavy atom. The maximum Gasteiger partial charge on any atom is 0.102 e. The average molecular weight is 398 g/mol. The van der Waals surface area contributed by atoms with Gasteiger partial charge in [-0.2, -0.15) is 0 Å². The molecule has 0 saturated carbocycles. The van der Waals surface area contributed by atoms with Crippen molar-refractivity contribution in [2.75, 3.05) is 0 Å². The Balaban J connectivity index is 1.64. The van der Waals surface area contributed by atoms with Crippen LogP contribution >= 0.6 is 23.5 Å². The second kappa shape index (κ2) is 9.45. The van der Waals surface area contributed by atoms with Crippen molar-refractivity contribution < 1.29 is 0 Å². The molecule has 0 N–H and O–H groups in total. The molecule has 0 spiro atoms. The summed E-state index contributed by atoms with van der Waals surface area (Å²) in [6.45, 7) is 0. The van der Waals surface area contributed by atoms with E-state index in [1.165, 1.54) is 20.6 Å². The molecule has 0 aliphatic carbocycles. The first-order chi connectivity index (χ1) is 13.9. The van der Waals surface area contributed by atoms with Crippen LogP contribution in [-0.2, 0) is 0 Å². The number of nitrogens with zero attached hydrogens (tertiary/aromatic N) is 1. The summed E-state index contributed by atoms with van der Waals surface area (Å²) in [6.07, 6.45) is 2.09. The Kier molecular flexibility index (Phi) is 6.28. The first-order valence-electron chi connectivity index (χ1n) is 9.06. The number of aliphatic imine (C=N–C) groups is 1. The van der Waals surface area contributed by atoms with Crippen molar-refractivity contribution in [3.63, 3.8) is 0 Å². The molecule has 136 valence electrons. The molecule has 4 rings (SSSR count). The van der Waals surface area contributed by atoms with Crippen LogP contribution in [0.15, 0.2) is 129 Å². The van der Waals surface area contributed by atoms with E-state index in [0.717, 1.165) is 10.7 Å². The number of thioether (sulfide) groups is 2. The lowest BCUT2D eigenvalue weighted by Gasteiger charge is -2.07. The van der Waals surface area contributed by atoms with Crippen molar-refractivity contribution in [1.82, 2.24) is 0 Å². The van der Waals surface area contributed by atoms with Gasteiger partial charge in [0.1, 0.15) is 5.04 Å². The van der Waals surface area contributed by atoms with Crippen molar-refractivity contribution in [2.45, 2.75) is 9.79 Å². The lowest BCUT2D eigenvalue weighted by molar-refractivity contribution is 1.47. The van der Waals surface area contributed by atoms with Crippen molar-refractivity contribution in [2.24, 2.45) is 4.99 Å². The molecular weight excluding hydrogens is 378 g/mol. The summed E-state index contributed by atoms with van der Waals surface area (Å²) >= 11 is 3.40. The van der Waals surface area contributed by atoms with Gasteiger partial charge in [-0.1, -0.05) is 96.3 Å². The summed E-state index contributed by atoms with van der Waals surface area (Å²) in [5, 5.41) is 5.56. The van der Waals surface area contributed by atoms with Gasteiger partial charge in [0.25, 0.3) is 0 Å².